The molecule has 0 bridgehead atoms. The Bertz CT molecular complexity index is 183. The summed E-state index contributed by atoms with van der Waals surface area (Å²) in [5, 5.41) is 5.10. The topological polar surface area (TPSA) is 41.1 Å². The third-order valence-corrected chi connectivity index (χ3v) is 1.14. The lowest BCUT2D eigenvalue weighted by Crippen LogP contribution is -2.31. The molecule has 0 spiro atoms. The number of hydrogen-bond acceptors (Lipinski definition) is 1. The van der Waals surface area contributed by atoms with Gasteiger partial charge in [-0.3, -0.25) is 0 Å². The van der Waals surface area contributed by atoms with Gasteiger partial charge in [-0.2, -0.15) is 0 Å². The maximum absolute atomic E-state index is 10.8. The molecular weight excluding hydrogens is 164 g/mol. The lowest BCUT2D eigenvalue weighted by atomic mass is 10.4. The molecule has 0 fully saturated rings. The lowest BCUT2D eigenvalue weighted by Gasteiger charge is -2.02. The second-order valence-electron chi connectivity index (χ2n) is 1.95. The molecule has 0 aliphatic heterocycles. The Morgan fingerprint density at radius 3 is 2.08 bits per heavy atom. The number of amides is 2. The number of urea groups is 1. The highest BCUT2D eigenvalue weighted by Crippen LogP contribution is 1.90. The van der Waals surface area contributed by atoms with Crippen molar-refractivity contribution in [2.45, 2.75) is 27.7 Å². The standard InChI is InChI=1S/C8H14N2O.C2H6/c1-4-6-7(5-2)10-8(11)9-3;1-2/h4-6H,1-3H3,(H2,9,10,11);1-2H3/b6-4-,7-5+;. The second kappa shape index (κ2) is 10.8. The van der Waals surface area contributed by atoms with Crippen LogP contribution in [-0.2, 0) is 0 Å². The largest absolute Gasteiger partial charge is 0.341 e. The van der Waals surface area contributed by atoms with Crippen LogP contribution in [0.2, 0.25) is 0 Å². The van der Waals surface area contributed by atoms with Crippen LogP contribution in [0.25, 0.3) is 0 Å². The minimum absolute atomic E-state index is 0.198. The summed E-state index contributed by atoms with van der Waals surface area (Å²) in [6.07, 6.45) is 5.52. The van der Waals surface area contributed by atoms with Gasteiger partial charge in [-0.25, -0.2) is 4.79 Å². The molecule has 0 aliphatic carbocycles. The van der Waals surface area contributed by atoms with Crippen molar-refractivity contribution >= 4 is 6.03 Å². The molecule has 13 heavy (non-hydrogen) atoms. The predicted octanol–water partition coefficient (Wildman–Crippen LogP) is 2.42. The first-order valence-electron chi connectivity index (χ1n) is 4.52. The molecule has 3 nitrogen and oxygen atoms in total. The third-order valence-electron chi connectivity index (χ3n) is 1.14. The molecule has 0 aromatic heterocycles. The van der Waals surface area contributed by atoms with Gasteiger partial charge >= 0.3 is 6.03 Å². The minimum Gasteiger partial charge on any atom is -0.341 e. The molecule has 0 atom stereocenters. The molecular formula is C10H20N2O. The van der Waals surface area contributed by atoms with Gasteiger partial charge in [0, 0.05) is 12.7 Å². The van der Waals surface area contributed by atoms with Crippen LogP contribution in [0.4, 0.5) is 4.79 Å². The molecule has 0 rings (SSSR count). The van der Waals surface area contributed by atoms with E-state index in [-0.39, 0.29) is 6.03 Å². The summed E-state index contributed by atoms with van der Waals surface area (Å²) in [5.74, 6) is 0. The monoisotopic (exact) mass is 184 g/mol. The van der Waals surface area contributed by atoms with Gasteiger partial charge in [0.25, 0.3) is 0 Å². The quantitative estimate of drug-likeness (QED) is 0.636. The number of hydrogen-bond donors (Lipinski definition) is 2. The third kappa shape index (κ3) is 8.66. The maximum Gasteiger partial charge on any atom is 0.318 e. The first kappa shape index (κ1) is 14.3. The van der Waals surface area contributed by atoms with Crippen LogP contribution < -0.4 is 10.6 Å². The van der Waals surface area contributed by atoms with Crippen molar-refractivity contribution in [3.8, 4) is 0 Å². The lowest BCUT2D eigenvalue weighted by molar-refractivity contribution is 0.245. The van der Waals surface area contributed by atoms with Gasteiger partial charge < -0.3 is 10.6 Å². The molecule has 2 N–H and O–H groups in total. The van der Waals surface area contributed by atoms with Crippen LogP contribution in [0.15, 0.2) is 23.9 Å². The Balaban J connectivity index is 0. The van der Waals surface area contributed by atoms with Crippen molar-refractivity contribution in [3.05, 3.63) is 23.9 Å². The first-order valence-corrected chi connectivity index (χ1v) is 4.52. The number of allylic oxidation sites excluding steroid dienone is 3. The first-order chi connectivity index (χ1) is 6.24. The van der Waals surface area contributed by atoms with Crippen LogP contribution in [0.5, 0.6) is 0 Å². The van der Waals surface area contributed by atoms with Crippen LogP contribution in [0.1, 0.15) is 27.7 Å². The molecule has 0 unspecified atom stereocenters. The van der Waals surface area contributed by atoms with Gasteiger partial charge in [0.05, 0.1) is 0 Å². The van der Waals surface area contributed by atoms with Crippen LogP contribution in [-0.4, -0.2) is 13.1 Å². The molecule has 0 saturated heterocycles. The summed E-state index contributed by atoms with van der Waals surface area (Å²) in [6, 6.07) is -0.198. The van der Waals surface area contributed by atoms with E-state index in [9.17, 15) is 4.79 Å². The van der Waals surface area contributed by atoms with E-state index in [4.69, 9.17) is 0 Å². The fourth-order valence-electron chi connectivity index (χ4n) is 0.583. The molecule has 0 aromatic rings. The zero-order valence-electron chi connectivity index (χ0n) is 9.14. The Morgan fingerprint density at radius 2 is 1.77 bits per heavy atom. The summed E-state index contributed by atoms with van der Waals surface area (Å²) in [6.45, 7) is 7.76. The zero-order valence-corrected chi connectivity index (χ0v) is 9.14. The van der Waals surface area contributed by atoms with Crippen molar-refractivity contribution in [2.75, 3.05) is 7.05 Å². The van der Waals surface area contributed by atoms with Crippen LogP contribution in [0.3, 0.4) is 0 Å². The summed E-state index contributed by atoms with van der Waals surface area (Å²) in [4.78, 5) is 10.8. The van der Waals surface area contributed by atoms with E-state index < -0.39 is 0 Å². The number of carbonyl (C=O) groups excluding carboxylic acids is 1. The molecule has 3 heteroatoms. The van der Waals surface area contributed by atoms with Gasteiger partial charge in [0.2, 0.25) is 0 Å². The smallest absolute Gasteiger partial charge is 0.318 e. The second-order valence-corrected chi connectivity index (χ2v) is 1.95. The van der Waals surface area contributed by atoms with Crippen molar-refractivity contribution in [2.24, 2.45) is 0 Å². The summed E-state index contributed by atoms with van der Waals surface area (Å²) < 4.78 is 0. The van der Waals surface area contributed by atoms with Gasteiger partial charge in [-0.15, -0.1) is 0 Å². The van der Waals surface area contributed by atoms with Crippen molar-refractivity contribution < 1.29 is 4.79 Å². The van der Waals surface area contributed by atoms with Crippen molar-refractivity contribution in [1.29, 1.82) is 0 Å². The van der Waals surface area contributed by atoms with E-state index in [1.54, 1.807) is 7.05 Å². The van der Waals surface area contributed by atoms with E-state index in [0.717, 1.165) is 5.70 Å². The average molecular weight is 184 g/mol. The van der Waals surface area contributed by atoms with E-state index in [2.05, 4.69) is 10.6 Å². The van der Waals surface area contributed by atoms with Gasteiger partial charge in [-0.1, -0.05) is 26.0 Å². The average Bonchev–Trinajstić information content (AvgIpc) is 2.20. The molecule has 0 aromatic carbocycles. The number of rotatable bonds is 2. The Labute approximate surface area is 80.9 Å². The Hall–Kier alpha value is -1.25. The van der Waals surface area contributed by atoms with Gasteiger partial charge in [-0.05, 0) is 19.9 Å². The fourth-order valence-corrected chi connectivity index (χ4v) is 0.583. The highest BCUT2D eigenvalue weighted by Gasteiger charge is 1.95. The van der Waals surface area contributed by atoms with E-state index in [0.29, 0.717) is 0 Å². The van der Waals surface area contributed by atoms with E-state index in [1.165, 1.54) is 0 Å². The van der Waals surface area contributed by atoms with Crippen LogP contribution in [0, 0.1) is 0 Å². The normalized spacial score (nSPS) is 10.4. The zero-order chi connectivity index (χ0) is 10.7. The van der Waals surface area contributed by atoms with E-state index >= 15 is 0 Å². The predicted molar refractivity (Wildman–Crippen MR) is 57.5 cm³/mol. The summed E-state index contributed by atoms with van der Waals surface area (Å²) in [7, 11) is 1.58. The Morgan fingerprint density at radius 1 is 1.23 bits per heavy atom. The minimum atomic E-state index is -0.198. The highest BCUT2D eigenvalue weighted by atomic mass is 16.2. The molecule has 0 aliphatic rings. The SMILES string of the molecule is C/C=C\C(=C/C)NC(=O)NC.CC. The molecule has 0 radical (unpaired) electrons. The van der Waals surface area contributed by atoms with Gasteiger partial charge in [0.15, 0.2) is 0 Å². The fraction of sp³-hybridized carbons (Fsp3) is 0.500. The van der Waals surface area contributed by atoms with E-state index in [1.807, 2.05) is 45.9 Å². The summed E-state index contributed by atoms with van der Waals surface area (Å²) in [5.41, 5.74) is 0.798. The maximum atomic E-state index is 10.8. The van der Waals surface area contributed by atoms with Gasteiger partial charge in [0.1, 0.15) is 0 Å². The molecule has 2 amide bonds. The molecule has 0 saturated carbocycles. The molecule has 0 heterocycles. The molecule has 76 valence electrons. The highest BCUT2D eigenvalue weighted by molar-refractivity contribution is 5.75. The van der Waals surface area contributed by atoms with Crippen molar-refractivity contribution in [1.82, 2.24) is 10.6 Å². The van der Waals surface area contributed by atoms with Crippen molar-refractivity contribution in [3.63, 3.8) is 0 Å². The Kier molecular flexibility index (Phi) is 11.8. The summed E-state index contributed by atoms with van der Waals surface area (Å²) >= 11 is 0. The number of nitrogens with one attached hydrogen (secondary N) is 2. The van der Waals surface area contributed by atoms with Crippen LogP contribution >= 0.6 is 0 Å². The number of carbonyl (C=O) groups is 1.